The molecule has 1 heterocycles. The third-order valence-corrected chi connectivity index (χ3v) is 3.60. The Morgan fingerprint density at radius 2 is 1.88 bits per heavy atom. The minimum absolute atomic E-state index is 0.250. The van der Waals surface area contributed by atoms with Gasteiger partial charge in [-0.3, -0.25) is 4.90 Å². The lowest BCUT2D eigenvalue weighted by Gasteiger charge is -2.36. The van der Waals surface area contributed by atoms with Crippen molar-refractivity contribution >= 4 is 0 Å². The van der Waals surface area contributed by atoms with Crippen LogP contribution in [-0.2, 0) is 4.74 Å². The SMILES string of the molecule is COCC(C)N1CCC(CNC(C)(C)C)CC1. The summed E-state index contributed by atoms with van der Waals surface area (Å²) >= 11 is 0. The highest BCUT2D eigenvalue weighted by Gasteiger charge is 2.23. The molecule has 1 aliphatic heterocycles. The van der Waals surface area contributed by atoms with Crippen molar-refractivity contribution in [1.29, 1.82) is 0 Å². The Kier molecular flexibility index (Phi) is 5.90. The van der Waals surface area contributed by atoms with Crippen molar-refractivity contribution in [2.24, 2.45) is 5.92 Å². The van der Waals surface area contributed by atoms with Crippen LogP contribution in [0.2, 0.25) is 0 Å². The smallest absolute Gasteiger partial charge is 0.0615 e. The Bertz CT molecular complexity index is 205. The van der Waals surface area contributed by atoms with Crippen molar-refractivity contribution in [3.63, 3.8) is 0 Å². The summed E-state index contributed by atoms with van der Waals surface area (Å²) in [5, 5.41) is 3.62. The minimum atomic E-state index is 0.250. The van der Waals surface area contributed by atoms with Crippen LogP contribution in [0.5, 0.6) is 0 Å². The van der Waals surface area contributed by atoms with Gasteiger partial charge in [0.2, 0.25) is 0 Å². The first-order valence-corrected chi connectivity index (χ1v) is 6.90. The van der Waals surface area contributed by atoms with Gasteiger partial charge in [0.1, 0.15) is 0 Å². The highest BCUT2D eigenvalue weighted by molar-refractivity contribution is 4.79. The van der Waals surface area contributed by atoms with E-state index in [1.165, 1.54) is 25.9 Å². The predicted molar refractivity (Wildman–Crippen MR) is 73.4 cm³/mol. The fourth-order valence-corrected chi connectivity index (χ4v) is 2.39. The Morgan fingerprint density at radius 3 is 2.35 bits per heavy atom. The number of piperidine rings is 1. The topological polar surface area (TPSA) is 24.5 Å². The summed E-state index contributed by atoms with van der Waals surface area (Å²) in [5.74, 6) is 0.847. The van der Waals surface area contributed by atoms with E-state index in [9.17, 15) is 0 Å². The lowest BCUT2D eigenvalue weighted by molar-refractivity contribution is 0.0725. The first kappa shape index (κ1) is 14.9. The summed E-state index contributed by atoms with van der Waals surface area (Å²) < 4.78 is 5.22. The summed E-state index contributed by atoms with van der Waals surface area (Å²) in [5.41, 5.74) is 0.250. The molecule has 1 rings (SSSR count). The zero-order valence-corrected chi connectivity index (χ0v) is 12.3. The van der Waals surface area contributed by atoms with Gasteiger partial charge in [0.05, 0.1) is 6.61 Å². The molecule has 1 aliphatic rings. The third-order valence-electron chi connectivity index (χ3n) is 3.60. The molecular weight excluding hydrogens is 212 g/mol. The van der Waals surface area contributed by atoms with E-state index in [4.69, 9.17) is 4.74 Å². The van der Waals surface area contributed by atoms with Crippen molar-refractivity contribution in [2.75, 3.05) is 33.4 Å². The Labute approximate surface area is 107 Å². The molecule has 102 valence electrons. The fraction of sp³-hybridized carbons (Fsp3) is 1.00. The molecule has 0 aromatic rings. The lowest BCUT2D eigenvalue weighted by atomic mass is 9.94. The molecule has 1 saturated heterocycles. The number of likely N-dealkylation sites (tertiary alicyclic amines) is 1. The maximum Gasteiger partial charge on any atom is 0.0615 e. The van der Waals surface area contributed by atoms with Crippen molar-refractivity contribution in [3.8, 4) is 0 Å². The molecule has 0 amide bonds. The summed E-state index contributed by atoms with van der Waals surface area (Å²) in [6, 6.07) is 0.566. The van der Waals surface area contributed by atoms with E-state index in [1.54, 1.807) is 7.11 Å². The van der Waals surface area contributed by atoms with Crippen molar-refractivity contribution in [2.45, 2.75) is 52.1 Å². The summed E-state index contributed by atoms with van der Waals surface area (Å²) in [4.78, 5) is 2.55. The molecule has 0 bridgehead atoms. The highest BCUT2D eigenvalue weighted by atomic mass is 16.5. The molecule has 1 atom stereocenters. The third kappa shape index (κ3) is 5.84. The van der Waals surface area contributed by atoms with Crippen molar-refractivity contribution < 1.29 is 4.74 Å². The fourth-order valence-electron chi connectivity index (χ4n) is 2.39. The maximum atomic E-state index is 5.22. The minimum Gasteiger partial charge on any atom is -0.383 e. The summed E-state index contributed by atoms with van der Waals surface area (Å²) in [6.07, 6.45) is 2.63. The maximum absolute atomic E-state index is 5.22. The second-order valence-electron chi connectivity index (χ2n) is 6.41. The standard InChI is InChI=1S/C14H30N2O/c1-12(11-17-5)16-8-6-13(7-9-16)10-15-14(2,3)4/h12-13,15H,6-11H2,1-5H3. The van der Waals surface area contributed by atoms with Gasteiger partial charge in [-0.05, 0) is 66.1 Å². The Balaban J connectivity index is 2.21. The van der Waals surface area contributed by atoms with Gasteiger partial charge in [-0.15, -0.1) is 0 Å². The van der Waals surface area contributed by atoms with Crippen LogP contribution in [0.25, 0.3) is 0 Å². The molecule has 17 heavy (non-hydrogen) atoms. The molecule has 0 saturated carbocycles. The molecule has 1 fully saturated rings. The second-order valence-corrected chi connectivity index (χ2v) is 6.41. The van der Waals surface area contributed by atoms with Crippen molar-refractivity contribution in [3.05, 3.63) is 0 Å². The second kappa shape index (κ2) is 6.72. The Hall–Kier alpha value is -0.120. The van der Waals surface area contributed by atoms with Crippen LogP contribution < -0.4 is 5.32 Å². The molecule has 0 radical (unpaired) electrons. The van der Waals surface area contributed by atoms with E-state index in [0.29, 0.717) is 6.04 Å². The van der Waals surface area contributed by atoms with Crippen LogP contribution in [0, 0.1) is 5.92 Å². The van der Waals surface area contributed by atoms with Crippen LogP contribution in [0.1, 0.15) is 40.5 Å². The first-order chi connectivity index (χ1) is 7.92. The van der Waals surface area contributed by atoms with Crippen LogP contribution in [0.3, 0.4) is 0 Å². The van der Waals surface area contributed by atoms with E-state index < -0.39 is 0 Å². The molecule has 0 aromatic carbocycles. The number of ether oxygens (including phenoxy) is 1. The van der Waals surface area contributed by atoms with E-state index in [-0.39, 0.29) is 5.54 Å². The van der Waals surface area contributed by atoms with Crippen LogP contribution in [-0.4, -0.2) is 49.8 Å². The summed E-state index contributed by atoms with van der Waals surface area (Å²) in [6.45, 7) is 13.4. The zero-order valence-electron chi connectivity index (χ0n) is 12.3. The van der Waals surface area contributed by atoms with E-state index >= 15 is 0 Å². The Morgan fingerprint density at radius 1 is 1.29 bits per heavy atom. The molecular formula is C14H30N2O. The van der Waals surface area contributed by atoms with Crippen molar-refractivity contribution in [1.82, 2.24) is 10.2 Å². The number of methoxy groups -OCH3 is 1. The van der Waals surface area contributed by atoms with Crippen LogP contribution >= 0.6 is 0 Å². The molecule has 1 N–H and O–H groups in total. The lowest BCUT2D eigenvalue weighted by Crippen LogP contribution is -2.45. The molecule has 3 nitrogen and oxygen atoms in total. The van der Waals surface area contributed by atoms with Gasteiger partial charge in [-0.1, -0.05) is 0 Å². The van der Waals surface area contributed by atoms with Gasteiger partial charge in [0.15, 0.2) is 0 Å². The number of rotatable bonds is 5. The van der Waals surface area contributed by atoms with Gasteiger partial charge in [-0.2, -0.15) is 0 Å². The molecule has 3 heteroatoms. The number of nitrogens with one attached hydrogen (secondary N) is 1. The summed E-state index contributed by atoms with van der Waals surface area (Å²) in [7, 11) is 1.79. The average molecular weight is 242 g/mol. The van der Waals surface area contributed by atoms with E-state index in [2.05, 4.69) is 37.9 Å². The van der Waals surface area contributed by atoms with Gasteiger partial charge < -0.3 is 10.1 Å². The van der Waals surface area contributed by atoms with Gasteiger partial charge in [0, 0.05) is 18.7 Å². The number of hydrogen-bond acceptors (Lipinski definition) is 3. The molecule has 0 aromatic heterocycles. The molecule has 0 aliphatic carbocycles. The molecule has 0 spiro atoms. The van der Waals surface area contributed by atoms with Gasteiger partial charge >= 0.3 is 0 Å². The quantitative estimate of drug-likeness (QED) is 0.799. The van der Waals surface area contributed by atoms with Gasteiger partial charge in [-0.25, -0.2) is 0 Å². The zero-order chi connectivity index (χ0) is 12.9. The average Bonchev–Trinajstić information content (AvgIpc) is 2.26. The first-order valence-electron chi connectivity index (χ1n) is 6.90. The predicted octanol–water partition coefficient (Wildman–Crippen LogP) is 2.12. The van der Waals surface area contributed by atoms with Crippen LogP contribution in [0.4, 0.5) is 0 Å². The number of hydrogen-bond donors (Lipinski definition) is 1. The largest absolute Gasteiger partial charge is 0.383 e. The van der Waals surface area contributed by atoms with Crippen LogP contribution in [0.15, 0.2) is 0 Å². The number of nitrogens with zero attached hydrogens (tertiary/aromatic N) is 1. The monoisotopic (exact) mass is 242 g/mol. The highest BCUT2D eigenvalue weighted by Crippen LogP contribution is 2.19. The normalized spacial score (nSPS) is 21.7. The molecule has 1 unspecified atom stereocenters. The van der Waals surface area contributed by atoms with E-state index in [1.807, 2.05) is 0 Å². The van der Waals surface area contributed by atoms with E-state index in [0.717, 1.165) is 19.1 Å². The van der Waals surface area contributed by atoms with Gasteiger partial charge in [0.25, 0.3) is 0 Å².